The molecule has 0 radical (unpaired) electrons. The Morgan fingerprint density at radius 3 is 2.75 bits per heavy atom. The molecule has 2 amide bonds. The van der Waals surface area contributed by atoms with E-state index in [1.165, 1.54) is 5.56 Å². The lowest BCUT2D eigenvalue weighted by Gasteiger charge is -2.42. The van der Waals surface area contributed by atoms with Crippen LogP contribution in [0.5, 0.6) is 11.5 Å². The number of aliphatic imine (C=N–C) groups is 1. The lowest BCUT2D eigenvalue weighted by Crippen LogP contribution is -2.53. The highest BCUT2D eigenvalue weighted by Crippen LogP contribution is 2.43. The number of carbonyl (C=O) groups is 2. The van der Waals surface area contributed by atoms with Crippen LogP contribution in [0.15, 0.2) is 41.4 Å². The van der Waals surface area contributed by atoms with E-state index in [-0.39, 0.29) is 35.8 Å². The third-order valence-corrected chi connectivity index (χ3v) is 8.48. The summed E-state index contributed by atoms with van der Waals surface area (Å²) in [5.74, 6) is 1.25. The van der Waals surface area contributed by atoms with Gasteiger partial charge in [0.1, 0.15) is 17.1 Å². The Kier molecular flexibility index (Phi) is 6.94. The molecule has 0 fully saturated rings. The molecule has 2 aromatic rings. The summed E-state index contributed by atoms with van der Waals surface area (Å²) in [6.07, 6.45) is 4.56. The molecule has 2 aromatic carbocycles. The molecule has 9 heteroatoms. The molecule has 9 nitrogen and oxygen atoms in total. The van der Waals surface area contributed by atoms with Crippen LogP contribution in [-0.2, 0) is 16.0 Å². The predicted octanol–water partition coefficient (Wildman–Crippen LogP) is 4.06. The largest absolute Gasteiger partial charge is 0.493 e. The van der Waals surface area contributed by atoms with Gasteiger partial charge in [0.15, 0.2) is 5.96 Å². The molecule has 212 valence electrons. The smallest absolute Gasteiger partial charge is 0.251 e. The van der Waals surface area contributed by atoms with E-state index in [1.807, 2.05) is 32.0 Å². The highest BCUT2D eigenvalue weighted by Gasteiger charge is 2.42. The molecule has 7 rings (SSSR count). The van der Waals surface area contributed by atoms with E-state index in [0.29, 0.717) is 37.4 Å². The number of aryl methyl sites for hydroxylation is 1. The number of nitrogens with two attached hydrogens (primary N) is 1. The van der Waals surface area contributed by atoms with Gasteiger partial charge in [0.25, 0.3) is 5.91 Å². The van der Waals surface area contributed by atoms with E-state index in [0.717, 1.165) is 42.6 Å². The Hall–Kier alpha value is -3.59. The van der Waals surface area contributed by atoms with Crippen LogP contribution >= 0.6 is 0 Å². The van der Waals surface area contributed by atoms with Gasteiger partial charge in [-0.15, -0.1) is 0 Å². The molecule has 5 aliphatic heterocycles. The predicted molar refractivity (Wildman–Crippen MR) is 150 cm³/mol. The van der Waals surface area contributed by atoms with E-state index < -0.39 is 11.6 Å². The van der Waals surface area contributed by atoms with Crippen molar-refractivity contribution in [2.45, 2.75) is 76.1 Å². The number of rotatable bonds is 2. The minimum atomic E-state index is -0.446. The standard InChI is InChI=1S/C31H38N4O5/c1-31(2)15-24-22-12-18(8-10-26(22)40-31)6-4-5-7-21-14-27(36)35(30(32)33-21)28-20(16-38-3)17-39-25-11-9-19(13-23(25)28)29(37)34-24/h8-13,20-21,24,28H,4-7,14-17H2,1-3H3,(H2,32,33)(H,34,37)/t20?,21?,24?,28-/m1/s1. The summed E-state index contributed by atoms with van der Waals surface area (Å²) >= 11 is 0. The highest BCUT2D eigenvalue weighted by molar-refractivity contribution is 5.99. The van der Waals surface area contributed by atoms with Gasteiger partial charge in [-0.25, -0.2) is 4.99 Å². The van der Waals surface area contributed by atoms with E-state index in [9.17, 15) is 9.59 Å². The second-order valence-corrected chi connectivity index (χ2v) is 12.0. The minimum Gasteiger partial charge on any atom is -0.493 e. The number of hydrogen-bond acceptors (Lipinski definition) is 7. The second-order valence-electron chi connectivity index (χ2n) is 12.0. The Morgan fingerprint density at radius 1 is 1.12 bits per heavy atom. The Labute approximate surface area is 235 Å². The first-order chi connectivity index (χ1) is 19.2. The van der Waals surface area contributed by atoms with Crippen LogP contribution < -0.4 is 20.5 Å². The van der Waals surface area contributed by atoms with Crippen molar-refractivity contribution < 1.29 is 23.8 Å². The molecule has 3 N–H and O–H groups in total. The van der Waals surface area contributed by atoms with Crippen molar-refractivity contribution in [3.63, 3.8) is 0 Å². The van der Waals surface area contributed by atoms with Crippen LogP contribution in [0.25, 0.3) is 0 Å². The topological polar surface area (TPSA) is 115 Å². The molecule has 4 atom stereocenters. The lowest BCUT2D eigenvalue weighted by molar-refractivity contribution is -0.132. The van der Waals surface area contributed by atoms with Crippen molar-refractivity contribution >= 4 is 17.8 Å². The molecule has 5 aliphatic rings. The van der Waals surface area contributed by atoms with Crippen LogP contribution in [0.2, 0.25) is 0 Å². The summed E-state index contributed by atoms with van der Waals surface area (Å²) in [6, 6.07) is 10.9. The molecule has 6 bridgehead atoms. The minimum absolute atomic E-state index is 0.0582. The van der Waals surface area contributed by atoms with Crippen molar-refractivity contribution in [1.29, 1.82) is 0 Å². The first kappa shape index (κ1) is 26.6. The number of amides is 2. The summed E-state index contributed by atoms with van der Waals surface area (Å²) in [7, 11) is 1.63. The highest BCUT2D eigenvalue weighted by atomic mass is 16.5. The van der Waals surface area contributed by atoms with Crippen LogP contribution in [0.4, 0.5) is 0 Å². The number of hydrogen-bond donors (Lipinski definition) is 2. The lowest BCUT2D eigenvalue weighted by atomic mass is 9.86. The van der Waals surface area contributed by atoms with Gasteiger partial charge in [-0.05, 0) is 62.9 Å². The van der Waals surface area contributed by atoms with Crippen LogP contribution in [0.3, 0.4) is 0 Å². The maximum atomic E-state index is 13.8. The molecule has 0 spiro atoms. The SMILES string of the molecule is COCC1COc2ccc3cc2[C@@H]1N1C(=O)CC(CCCCc2ccc4c(c2)C(CC(C)(C)O4)NC3=O)N=C1N. The zero-order valence-electron chi connectivity index (χ0n) is 23.4. The summed E-state index contributed by atoms with van der Waals surface area (Å²) in [5, 5.41) is 3.28. The maximum absolute atomic E-state index is 13.8. The first-order valence-electron chi connectivity index (χ1n) is 14.3. The van der Waals surface area contributed by atoms with E-state index in [4.69, 9.17) is 24.9 Å². The molecule has 0 aliphatic carbocycles. The number of carbonyl (C=O) groups excluding carboxylic acids is 2. The fourth-order valence-electron chi connectivity index (χ4n) is 6.62. The first-order valence-corrected chi connectivity index (χ1v) is 14.3. The molecule has 0 saturated heterocycles. The van der Waals surface area contributed by atoms with Gasteiger partial charge in [0.2, 0.25) is 5.91 Å². The average Bonchev–Trinajstić information content (AvgIpc) is 2.90. The molecular weight excluding hydrogens is 508 g/mol. The molecular formula is C31H38N4O5. The number of methoxy groups -OCH3 is 1. The zero-order chi connectivity index (χ0) is 28.0. The molecule has 40 heavy (non-hydrogen) atoms. The number of guanidine groups is 1. The Morgan fingerprint density at radius 2 is 1.95 bits per heavy atom. The fourth-order valence-corrected chi connectivity index (χ4v) is 6.62. The van der Waals surface area contributed by atoms with E-state index in [1.54, 1.807) is 18.1 Å². The van der Waals surface area contributed by atoms with Crippen molar-refractivity contribution in [2.75, 3.05) is 20.3 Å². The summed E-state index contributed by atoms with van der Waals surface area (Å²) in [4.78, 5) is 33.7. The third-order valence-electron chi connectivity index (χ3n) is 8.48. The Bertz CT molecular complexity index is 1360. The number of ether oxygens (including phenoxy) is 3. The van der Waals surface area contributed by atoms with Gasteiger partial charge < -0.3 is 25.3 Å². The normalized spacial score (nSPS) is 27.5. The molecule has 3 unspecified atom stereocenters. The van der Waals surface area contributed by atoms with Crippen LogP contribution in [0, 0.1) is 5.92 Å². The number of nitrogens with one attached hydrogen (secondary N) is 1. The van der Waals surface area contributed by atoms with Gasteiger partial charge in [0.05, 0.1) is 31.3 Å². The summed E-state index contributed by atoms with van der Waals surface area (Å²) in [6.45, 7) is 4.83. The van der Waals surface area contributed by atoms with Crippen molar-refractivity contribution in [2.24, 2.45) is 16.6 Å². The second kappa shape index (κ2) is 10.4. The van der Waals surface area contributed by atoms with Gasteiger partial charge in [-0.3, -0.25) is 14.5 Å². The van der Waals surface area contributed by atoms with E-state index in [2.05, 4.69) is 17.4 Å². The van der Waals surface area contributed by atoms with Gasteiger partial charge in [-0.2, -0.15) is 0 Å². The number of fused-ring (bicyclic) bond motifs is 5. The van der Waals surface area contributed by atoms with Crippen molar-refractivity contribution in [1.82, 2.24) is 10.2 Å². The third kappa shape index (κ3) is 5.03. The summed E-state index contributed by atoms with van der Waals surface area (Å²) < 4.78 is 17.9. The number of benzene rings is 2. The molecule has 5 heterocycles. The maximum Gasteiger partial charge on any atom is 0.251 e. The van der Waals surface area contributed by atoms with Crippen LogP contribution in [-0.4, -0.2) is 54.6 Å². The Balaban J connectivity index is 1.44. The molecule has 0 saturated carbocycles. The van der Waals surface area contributed by atoms with Crippen LogP contribution in [0.1, 0.15) is 85.1 Å². The summed E-state index contributed by atoms with van der Waals surface area (Å²) in [5.41, 5.74) is 9.52. The van der Waals surface area contributed by atoms with Gasteiger partial charge >= 0.3 is 0 Å². The van der Waals surface area contributed by atoms with Gasteiger partial charge in [0, 0.05) is 42.6 Å². The molecule has 0 aromatic heterocycles. The average molecular weight is 547 g/mol. The monoisotopic (exact) mass is 546 g/mol. The van der Waals surface area contributed by atoms with Gasteiger partial charge in [-0.1, -0.05) is 18.6 Å². The van der Waals surface area contributed by atoms with E-state index >= 15 is 0 Å². The fraction of sp³-hybridized carbons (Fsp3) is 0.516. The zero-order valence-corrected chi connectivity index (χ0v) is 23.4. The van der Waals surface area contributed by atoms with Crippen molar-refractivity contribution in [3.8, 4) is 11.5 Å². The van der Waals surface area contributed by atoms with Crippen molar-refractivity contribution in [3.05, 3.63) is 58.7 Å². The number of nitrogens with zero attached hydrogens (tertiary/aromatic N) is 2. The quantitative estimate of drug-likeness (QED) is 0.587.